The smallest absolute Gasteiger partial charge is 0.344 e. The Bertz CT molecular complexity index is 790. The summed E-state index contributed by atoms with van der Waals surface area (Å²) in [6.07, 6.45) is 1.83. The molecule has 0 bridgehead atoms. The van der Waals surface area contributed by atoms with Gasteiger partial charge in [-0.3, -0.25) is 0 Å². The van der Waals surface area contributed by atoms with E-state index < -0.39 is 12.1 Å². The fourth-order valence-electron chi connectivity index (χ4n) is 2.24. The topological polar surface area (TPSA) is 46.5 Å². The second-order valence-electron chi connectivity index (χ2n) is 5.65. The number of carbonyl (C=O) groups is 1. The van der Waals surface area contributed by atoms with Gasteiger partial charge in [0.15, 0.2) is 6.10 Å². The molecule has 0 amide bonds. The third kappa shape index (κ3) is 6.32. The zero-order chi connectivity index (χ0) is 19.1. The number of hydrogen-bond donors (Lipinski definition) is 1. The number of aryl methyl sites for hydroxylation is 1. The Morgan fingerprint density at radius 1 is 1.31 bits per heavy atom. The average Bonchev–Trinajstić information content (AvgIpc) is 2.61. The molecule has 26 heavy (non-hydrogen) atoms. The first-order valence-corrected chi connectivity index (χ1v) is 11.0. The number of ether oxygens (including phenoxy) is 1. The molecule has 0 saturated carbocycles. The van der Waals surface area contributed by atoms with Gasteiger partial charge in [-0.1, -0.05) is 41.1 Å². The number of thioether (sulfide) groups is 1. The maximum absolute atomic E-state index is 11.1. The number of carboxylic acids is 1. The van der Waals surface area contributed by atoms with Gasteiger partial charge in [0.25, 0.3) is 0 Å². The molecular formula is C20H20BrIO3S. The molecule has 3 nitrogen and oxygen atoms in total. The van der Waals surface area contributed by atoms with Crippen molar-refractivity contribution >= 4 is 59.8 Å². The van der Waals surface area contributed by atoms with E-state index in [0.29, 0.717) is 12.2 Å². The van der Waals surface area contributed by atoms with Crippen molar-refractivity contribution in [2.45, 2.75) is 31.3 Å². The van der Waals surface area contributed by atoms with Gasteiger partial charge >= 0.3 is 5.97 Å². The third-order valence-electron chi connectivity index (χ3n) is 3.69. The standard InChI is InChI=1S/C20H20BrIO3S/c1-3-18(20(23)24)25-19-9-8-16(12-13(19)2)26-11-10-17(22)14-4-6-15(21)7-5-14/h4-10,12,18H,3,11H2,1-2H3,(H,23,24)/b17-10-. The van der Waals surface area contributed by atoms with Crippen LogP contribution in [0.3, 0.4) is 0 Å². The fraction of sp³-hybridized carbons (Fsp3) is 0.250. The molecule has 0 radical (unpaired) electrons. The number of aliphatic carboxylic acids is 1. The molecule has 0 aromatic heterocycles. The van der Waals surface area contributed by atoms with Crippen LogP contribution < -0.4 is 4.74 Å². The van der Waals surface area contributed by atoms with E-state index in [9.17, 15) is 4.79 Å². The van der Waals surface area contributed by atoms with E-state index in [2.05, 4.69) is 56.7 Å². The summed E-state index contributed by atoms with van der Waals surface area (Å²) < 4.78 is 7.88. The highest BCUT2D eigenvalue weighted by molar-refractivity contribution is 14.1. The van der Waals surface area contributed by atoms with Crippen LogP contribution in [-0.4, -0.2) is 22.9 Å². The monoisotopic (exact) mass is 546 g/mol. The van der Waals surface area contributed by atoms with Crippen molar-refractivity contribution in [1.82, 2.24) is 0 Å². The number of rotatable bonds is 8. The van der Waals surface area contributed by atoms with E-state index in [0.717, 1.165) is 20.7 Å². The van der Waals surface area contributed by atoms with Gasteiger partial charge < -0.3 is 9.84 Å². The minimum absolute atomic E-state index is 0.435. The van der Waals surface area contributed by atoms with Crippen molar-refractivity contribution in [2.75, 3.05) is 5.75 Å². The van der Waals surface area contributed by atoms with Crippen molar-refractivity contribution < 1.29 is 14.6 Å². The summed E-state index contributed by atoms with van der Waals surface area (Å²) in [7, 11) is 0. The summed E-state index contributed by atoms with van der Waals surface area (Å²) >= 11 is 7.54. The van der Waals surface area contributed by atoms with Crippen molar-refractivity contribution in [3.05, 3.63) is 64.1 Å². The predicted molar refractivity (Wildman–Crippen MR) is 120 cm³/mol. The molecule has 0 saturated heterocycles. The minimum atomic E-state index is -0.932. The molecule has 0 aliphatic rings. The van der Waals surface area contributed by atoms with Gasteiger partial charge in [-0.15, -0.1) is 11.8 Å². The molecule has 1 unspecified atom stereocenters. The lowest BCUT2D eigenvalue weighted by molar-refractivity contribution is -0.145. The third-order valence-corrected chi connectivity index (χ3v) is 6.21. The maximum atomic E-state index is 11.1. The van der Waals surface area contributed by atoms with Gasteiger partial charge in [-0.05, 0) is 77.4 Å². The maximum Gasteiger partial charge on any atom is 0.344 e. The number of halogens is 2. The second-order valence-corrected chi connectivity index (χ2v) is 8.82. The van der Waals surface area contributed by atoms with Gasteiger partial charge in [-0.25, -0.2) is 4.79 Å². The SMILES string of the molecule is CCC(Oc1ccc(SC/C=C(\I)c2ccc(Br)cc2)cc1C)C(=O)O. The van der Waals surface area contributed by atoms with Crippen LogP contribution in [0.5, 0.6) is 5.75 Å². The minimum Gasteiger partial charge on any atom is -0.479 e. The highest BCUT2D eigenvalue weighted by Crippen LogP contribution is 2.29. The Morgan fingerprint density at radius 2 is 2.00 bits per heavy atom. The molecule has 0 fully saturated rings. The molecule has 0 spiro atoms. The van der Waals surface area contributed by atoms with Crippen LogP contribution in [0.2, 0.25) is 0 Å². The summed E-state index contributed by atoms with van der Waals surface area (Å²) in [4.78, 5) is 12.2. The lowest BCUT2D eigenvalue weighted by atomic mass is 10.2. The first-order valence-electron chi connectivity index (χ1n) is 8.15. The number of hydrogen-bond acceptors (Lipinski definition) is 3. The molecule has 6 heteroatoms. The average molecular weight is 547 g/mol. The summed E-state index contributed by atoms with van der Waals surface area (Å²) in [5.74, 6) is 0.558. The first kappa shape index (κ1) is 21.3. The Kier molecular flexibility index (Phi) is 8.50. The Balaban J connectivity index is 1.98. The van der Waals surface area contributed by atoms with E-state index in [1.807, 2.05) is 37.3 Å². The zero-order valence-electron chi connectivity index (χ0n) is 14.5. The Labute approximate surface area is 180 Å². The Hall–Kier alpha value is -0.990. The van der Waals surface area contributed by atoms with Crippen LogP contribution in [0.25, 0.3) is 3.58 Å². The molecule has 0 aliphatic heterocycles. The van der Waals surface area contributed by atoms with E-state index in [1.165, 1.54) is 9.14 Å². The van der Waals surface area contributed by atoms with Gasteiger partial charge in [0.1, 0.15) is 5.75 Å². The van der Waals surface area contributed by atoms with E-state index in [4.69, 9.17) is 9.84 Å². The zero-order valence-corrected chi connectivity index (χ0v) is 19.1. The molecule has 0 aliphatic carbocycles. The molecule has 1 N–H and O–H groups in total. The molecule has 2 aromatic carbocycles. The lowest BCUT2D eigenvalue weighted by Gasteiger charge is -2.15. The summed E-state index contributed by atoms with van der Waals surface area (Å²) in [5, 5.41) is 9.12. The predicted octanol–water partition coefficient (Wildman–Crippen LogP) is 6.57. The summed E-state index contributed by atoms with van der Waals surface area (Å²) in [6.45, 7) is 3.74. The van der Waals surface area contributed by atoms with Crippen LogP contribution >= 0.6 is 50.3 Å². The quantitative estimate of drug-likeness (QED) is 0.300. The number of carboxylic acid groups (broad SMARTS) is 1. The van der Waals surface area contributed by atoms with Gasteiger partial charge in [0.05, 0.1) is 0 Å². The molecule has 2 aromatic rings. The fourth-order valence-corrected chi connectivity index (χ4v) is 4.25. The highest BCUT2D eigenvalue weighted by atomic mass is 127. The van der Waals surface area contributed by atoms with Gasteiger partial charge in [-0.2, -0.15) is 0 Å². The van der Waals surface area contributed by atoms with Gasteiger partial charge in [0, 0.05) is 18.7 Å². The molecular weight excluding hydrogens is 527 g/mol. The number of benzene rings is 2. The van der Waals surface area contributed by atoms with Crippen LogP contribution in [0.1, 0.15) is 24.5 Å². The largest absolute Gasteiger partial charge is 0.479 e. The lowest BCUT2D eigenvalue weighted by Crippen LogP contribution is -2.26. The second kappa shape index (κ2) is 10.4. The highest BCUT2D eigenvalue weighted by Gasteiger charge is 2.17. The van der Waals surface area contributed by atoms with Crippen molar-refractivity contribution in [3.8, 4) is 5.75 Å². The molecule has 0 heterocycles. The van der Waals surface area contributed by atoms with E-state index >= 15 is 0 Å². The van der Waals surface area contributed by atoms with E-state index in [1.54, 1.807) is 18.7 Å². The van der Waals surface area contributed by atoms with Crippen LogP contribution in [0, 0.1) is 6.92 Å². The van der Waals surface area contributed by atoms with Crippen LogP contribution in [0.15, 0.2) is 57.9 Å². The molecule has 2 rings (SSSR count). The molecule has 1 atom stereocenters. The van der Waals surface area contributed by atoms with Crippen molar-refractivity contribution in [2.24, 2.45) is 0 Å². The van der Waals surface area contributed by atoms with Crippen LogP contribution in [-0.2, 0) is 4.79 Å². The van der Waals surface area contributed by atoms with Gasteiger partial charge in [0.2, 0.25) is 0 Å². The summed E-state index contributed by atoms with van der Waals surface area (Å²) in [6, 6.07) is 14.1. The van der Waals surface area contributed by atoms with Crippen LogP contribution in [0.4, 0.5) is 0 Å². The molecule has 138 valence electrons. The normalized spacial score (nSPS) is 12.7. The van der Waals surface area contributed by atoms with Crippen molar-refractivity contribution in [3.63, 3.8) is 0 Å². The Morgan fingerprint density at radius 3 is 2.58 bits per heavy atom. The summed E-state index contributed by atoms with van der Waals surface area (Å²) in [5.41, 5.74) is 2.15. The van der Waals surface area contributed by atoms with Crippen molar-refractivity contribution in [1.29, 1.82) is 0 Å². The first-order chi connectivity index (χ1) is 12.4. The van der Waals surface area contributed by atoms with E-state index in [-0.39, 0.29) is 0 Å².